The molecule has 0 fully saturated rings. The minimum Gasteiger partial charge on any atom is -0.462 e. The van der Waals surface area contributed by atoms with E-state index in [0.29, 0.717) is 12.8 Å². The summed E-state index contributed by atoms with van der Waals surface area (Å²) in [4.78, 5) is 38.1. The predicted octanol–water partition coefficient (Wildman–Crippen LogP) is 22.0. The zero-order valence-corrected chi connectivity index (χ0v) is 50.0. The van der Waals surface area contributed by atoms with Gasteiger partial charge in [0.25, 0.3) is 0 Å². The number of carbonyl (C=O) groups excluding carboxylic acids is 3. The van der Waals surface area contributed by atoms with Gasteiger partial charge < -0.3 is 14.2 Å². The minimum absolute atomic E-state index is 0.0954. The molecule has 6 nitrogen and oxygen atoms in total. The van der Waals surface area contributed by atoms with Gasteiger partial charge in [-0.2, -0.15) is 0 Å². The van der Waals surface area contributed by atoms with Crippen LogP contribution in [0.3, 0.4) is 0 Å². The number of hydrogen-bond acceptors (Lipinski definition) is 6. The number of ether oxygens (including phenoxy) is 3. The Labute approximate surface area is 470 Å². The van der Waals surface area contributed by atoms with E-state index >= 15 is 0 Å². The second-order valence-electron chi connectivity index (χ2n) is 21.3. The summed E-state index contributed by atoms with van der Waals surface area (Å²) in [6.45, 7) is 6.42. The van der Waals surface area contributed by atoms with Crippen LogP contribution in [0, 0.1) is 0 Å². The van der Waals surface area contributed by atoms with Crippen LogP contribution in [0.25, 0.3) is 0 Å². The number of esters is 3. The smallest absolute Gasteiger partial charge is 0.310 e. The minimum atomic E-state index is -0.835. The average molecular weight is 1060 g/mol. The molecule has 0 spiro atoms. The molecule has 0 aromatic rings. The van der Waals surface area contributed by atoms with Crippen molar-refractivity contribution in [3.8, 4) is 0 Å². The predicted molar refractivity (Wildman–Crippen MR) is 330 cm³/mol. The van der Waals surface area contributed by atoms with E-state index in [9.17, 15) is 14.4 Å². The van der Waals surface area contributed by atoms with Gasteiger partial charge in [0.05, 0.1) is 6.42 Å². The monoisotopic (exact) mass is 1060 g/mol. The molecular weight excluding hydrogens is 937 g/mol. The number of allylic oxidation sites excluding steroid dienone is 15. The van der Waals surface area contributed by atoms with Gasteiger partial charge in [-0.1, -0.05) is 285 Å². The van der Waals surface area contributed by atoms with Crippen molar-refractivity contribution in [2.45, 2.75) is 316 Å². The first-order valence-corrected chi connectivity index (χ1v) is 32.2. The number of carbonyl (C=O) groups is 3. The summed E-state index contributed by atoms with van der Waals surface area (Å²) in [5.74, 6) is -1.05. The van der Waals surface area contributed by atoms with Crippen molar-refractivity contribution >= 4 is 17.9 Å². The van der Waals surface area contributed by atoms with E-state index in [-0.39, 0.29) is 31.6 Å². The lowest BCUT2D eigenvalue weighted by molar-refractivity contribution is -0.166. The normalized spacial score (nSPS) is 12.7. The van der Waals surface area contributed by atoms with Crippen molar-refractivity contribution in [3.63, 3.8) is 0 Å². The highest BCUT2D eigenvalue weighted by atomic mass is 16.6. The van der Waals surface area contributed by atoms with Crippen LogP contribution in [0.2, 0.25) is 0 Å². The lowest BCUT2D eigenvalue weighted by Gasteiger charge is -2.18. The van der Waals surface area contributed by atoms with E-state index in [1.807, 2.05) is 6.08 Å². The van der Waals surface area contributed by atoms with E-state index in [0.717, 1.165) is 89.9 Å². The third-order valence-electron chi connectivity index (χ3n) is 13.8. The van der Waals surface area contributed by atoms with Crippen LogP contribution in [-0.2, 0) is 28.6 Å². The third-order valence-corrected chi connectivity index (χ3v) is 13.8. The molecule has 436 valence electrons. The highest BCUT2D eigenvalue weighted by Gasteiger charge is 2.19. The SMILES string of the molecule is CC/C=C\C/C=C\C/C=C\C/C=C\C/C=C\CC(=O)OC(COC(=O)CCCCCCC/C=C\CCCCC)COC(=O)CCCCCCCCCCCCCCCCCCCCC/C=C\C/C=C\CCCCCCC. The molecule has 6 heteroatoms. The Kier molecular flexibility index (Phi) is 60.8. The Morgan fingerprint density at radius 1 is 0.289 bits per heavy atom. The highest BCUT2D eigenvalue weighted by Crippen LogP contribution is 2.17. The lowest BCUT2D eigenvalue weighted by Crippen LogP contribution is -2.30. The summed E-state index contributed by atoms with van der Waals surface area (Å²) >= 11 is 0. The summed E-state index contributed by atoms with van der Waals surface area (Å²) < 4.78 is 16.8. The summed E-state index contributed by atoms with van der Waals surface area (Å²) in [5, 5.41) is 0. The molecule has 76 heavy (non-hydrogen) atoms. The number of rotatable bonds is 58. The van der Waals surface area contributed by atoms with E-state index in [1.54, 1.807) is 6.08 Å². The van der Waals surface area contributed by atoms with Crippen LogP contribution < -0.4 is 0 Å². The van der Waals surface area contributed by atoms with Crippen molar-refractivity contribution in [1.82, 2.24) is 0 Å². The first kappa shape index (κ1) is 72.3. The van der Waals surface area contributed by atoms with Crippen LogP contribution in [0.5, 0.6) is 0 Å². The van der Waals surface area contributed by atoms with Crippen LogP contribution in [0.15, 0.2) is 97.2 Å². The molecule has 0 saturated carbocycles. The van der Waals surface area contributed by atoms with Gasteiger partial charge in [0, 0.05) is 12.8 Å². The van der Waals surface area contributed by atoms with Gasteiger partial charge in [0.1, 0.15) is 13.2 Å². The molecule has 0 aromatic carbocycles. The molecule has 0 saturated heterocycles. The summed E-state index contributed by atoms with van der Waals surface area (Å²) in [6, 6.07) is 0. The van der Waals surface area contributed by atoms with Crippen LogP contribution >= 0.6 is 0 Å². The Morgan fingerprint density at radius 2 is 0.553 bits per heavy atom. The third kappa shape index (κ3) is 61.2. The Hall–Kier alpha value is -3.67. The summed E-state index contributed by atoms with van der Waals surface area (Å²) in [6.07, 6.45) is 86.1. The molecule has 0 amide bonds. The topological polar surface area (TPSA) is 78.9 Å². The fourth-order valence-electron chi connectivity index (χ4n) is 9.02. The Balaban J connectivity index is 4.21. The molecule has 0 rings (SSSR count). The molecule has 0 aliphatic heterocycles. The summed E-state index contributed by atoms with van der Waals surface area (Å²) in [7, 11) is 0. The quantitative estimate of drug-likeness (QED) is 0.0261. The van der Waals surface area contributed by atoms with Crippen molar-refractivity contribution in [1.29, 1.82) is 0 Å². The molecule has 0 aromatic heterocycles. The van der Waals surface area contributed by atoms with E-state index in [4.69, 9.17) is 14.2 Å². The van der Waals surface area contributed by atoms with Crippen LogP contribution in [0.4, 0.5) is 0 Å². The van der Waals surface area contributed by atoms with Crippen molar-refractivity contribution in [2.75, 3.05) is 13.2 Å². The molecule has 0 aliphatic carbocycles. The van der Waals surface area contributed by atoms with Gasteiger partial charge in [-0.15, -0.1) is 0 Å². The molecule has 0 bridgehead atoms. The zero-order chi connectivity index (χ0) is 55.0. The van der Waals surface area contributed by atoms with Crippen LogP contribution in [0.1, 0.15) is 310 Å². The van der Waals surface area contributed by atoms with E-state index in [2.05, 4.69) is 106 Å². The maximum atomic E-state index is 12.8. The van der Waals surface area contributed by atoms with Gasteiger partial charge in [-0.25, -0.2) is 0 Å². The standard InChI is InChI=1S/C70H120O6/c1-4-7-10-13-16-19-22-25-27-28-29-30-31-32-33-34-35-36-37-38-39-40-41-42-44-45-48-51-54-57-60-63-69(72)75-66-67(65-74-68(71)62-59-56-53-50-47-24-21-18-15-12-9-6-3)76-70(73)64-61-58-55-52-49-46-43-26-23-20-17-14-11-8-5-2/h8,11,17-18,20-22,25-26,28-29,43,49,52,58,61,67H,4-7,9-10,12-16,19,23-24,27,30-42,44-48,50-51,53-57,59-60,62-66H2,1-3H3/b11-8-,20-17-,21-18-,25-22-,29-28-,43-26-,52-49-,61-58-. The summed E-state index contributed by atoms with van der Waals surface area (Å²) in [5.41, 5.74) is 0. The van der Waals surface area contributed by atoms with Crippen molar-refractivity contribution < 1.29 is 28.6 Å². The molecule has 0 aliphatic rings. The molecule has 0 radical (unpaired) electrons. The highest BCUT2D eigenvalue weighted by molar-refractivity contribution is 5.72. The first-order chi connectivity index (χ1) is 37.5. The molecule has 0 heterocycles. The largest absolute Gasteiger partial charge is 0.462 e. The number of unbranched alkanes of at least 4 members (excludes halogenated alkanes) is 32. The molecule has 0 N–H and O–H groups in total. The lowest BCUT2D eigenvalue weighted by atomic mass is 10.0. The Bertz CT molecular complexity index is 1490. The van der Waals surface area contributed by atoms with E-state index in [1.165, 1.54) is 180 Å². The van der Waals surface area contributed by atoms with Crippen LogP contribution in [-0.4, -0.2) is 37.2 Å². The molecular formula is C70H120O6. The van der Waals surface area contributed by atoms with Crippen molar-refractivity contribution in [2.24, 2.45) is 0 Å². The van der Waals surface area contributed by atoms with Gasteiger partial charge in [0.15, 0.2) is 6.10 Å². The van der Waals surface area contributed by atoms with Gasteiger partial charge in [-0.3, -0.25) is 14.4 Å². The second-order valence-corrected chi connectivity index (χ2v) is 21.3. The fourth-order valence-corrected chi connectivity index (χ4v) is 9.02. The number of hydrogen-bond donors (Lipinski definition) is 0. The molecule has 1 atom stereocenters. The Morgan fingerprint density at radius 3 is 0.908 bits per heavy atom. The van der Waals surface area contributed by atoms with Gasteiger partial charge >= 0.3 is 17.9 Å². The molecule has 1 unspecified atom stereocenters. The van der Waals surface area contributed by atoms with Gasteiger partial charge in [-0.05, 0) is 103 Å². The fraction of sp³-hybridized carbons (Fsp3) is 0.729. The zero-order valence-electron chi connectivity index (χ0n) is 50.0. The van der Waals surface area contributed by atoms with Gasteiger partial charge in [0.2, 0.25) is 0 Å². The second kappa shape index (κ2) is 63.9. The first-order valence-electron chi connectivity index (χ1n) is 32.2. The maximum absolute atomic E-state index is 12.8. The van der Waals surface area contributed by atoms with E-state index < -0.39 is 12.1 Å². The maximum Gasteiger partial charge on any atom is 0.310 e. The average Bonchev–Trinajstić information content (AvgIpc) is 3.42. The van der Waals surface area contributed by atoms with Crippen molar-refractivity contribution in [3.05, 3.63) is 97.2 Å².